The van der Waals surface area contributed by atoms with Crippen LogP contribution in [0.5, 0.6) is 5.75 Å². The van der Waals surface area contributed by atoms with Gasteiger partial charge in [-0.05, 0) is 61.9 Å². The fourth-order valence-corrected chi connectivity index (χ4v) is 6.88. The summed E-state index contributed by atoms with van der Waals surface area (Å²) in [7, 11) is -3.11. The zero-order valence-electron chi connectivity index (χ0n) is 16.8. The minimum absolute atomic E-state index is 0.0573. The summed E-state index contributed by atoms with van der Waals surface area (Å²) in [5.41, 5.74) is 1.36. The Morgan fingerprint density at radius 3 is 2.61 bits per heavy atom. The predicted octanol–water partition coefficient (Wildman–Crippen LogP) is 2.70. The maximum absolute atomic E-state index is 13.0. The number of nitrogens with one attached hydrogen (secondary N) is 2. The summed E-state index contributed by atoms with van der Waals surface area (Å²) in [5, 5.41) is 6.06. The smallest absolute Gasteiger partial charge is 0.262 e. The molecule has 166 valence electrons. The van der Waals surface area contributed by atoms with Crippen LogP contribution in [0.25, 0.3) is 0 Å². The van der Waals surface area contributed by atoms with Gasteiger partial charge in [0.1, 0.15) is 16.6 Å². The van der Waals surface area contributed by atoms with Crippen LogP contribution in [0.2, 0.25) is 0 Å². The van der Waals surface area contributed by atoms with Crippen molar-refractivity contribution in [1.29, 1.82) is 0 Å². The second-order valence-corrected chi connectivity index (χ2v) is 11.1. The highest BCUT2D eigenvalue weighted by molar-refractivity contribution is 7.91. The maximum atomic E-state index is 13.0. The van der Waals surface area contributed by atoms with Gasteiger partial charge in [0.15, 0.2) is 16.4 Å². The quantitative estimate of drug-likeness (QED) is 0.682. The van der Waals surface area contributed by atoms with Gasteiger partial charge in [-0.1, -0.05) is 0 Å². The Morgan fingerprint density at radius 1 is 1.16 bits per heavy atom. The van der Waals surface area contributed by atoms with Crippen molar-refractivity contribution in [2.24, 2.45) is 0 Å². The lowest BCUT2D eigenvalue weighted by Gasteiger charge is -2.15. The number of halogens is 1. The van der Waals surface area contributed by atoms with Crippen LogP contribution in [-0.4, -0.2) is 44.4 Å². The largest absolute Gasteiger partial charge is 0.484 e. The van der Waals surface area contributed by atoms with Crippen LogP contribution in [0.15, 0.2) is 24.3 Å². The SMILES string of the molecule is O=C(COc1ccc(F)cc1)Nc1sc2c(c1C(=O)N[C@H]1CCS(=O)(=O)C1)CCCC2. The molecule has 0 spiro atoms. The zero-order valence-corrected chi connectivity index (χ0v) is 18.4. The van der Waals surface area contributed by atoms with E-state index in [1.807, 2.05) is 0 Å². The molecular weight excluding hydrogens is 443 g/mol. The Labute approximate surface area is 183 Å². The highest BCUT2D eigenvalue weighted by Gasteiger charge is 2.32. The molecule has 4 rings (SSSR count). The number of hydrogen-bond donors (Lipinski definition) is 2. The molecule has 2 amide bonds. The van der Waals surface area contributed by atoms with Gasteiger partial charge in [0, 0.05) is 10.9 Å². The molecule has 10 heteroatoms. The van der Waals surface area contributed by atoms with Crippen molar-refractivity contribution in [3.8, 4) is 5.75 Å². The second-order valence-electron chi connectivity index (χ2n) is 7.78. The summed E-state index contributed by atoms with van der Waals surface area (Å²) in [6, 6.07) is 4.93. The molecule has 1 atom stereocenters. The van der Waals surface area contributed by atoms with Crippen LogP contribution in [0.1, 0.15) is 40.1 Å². The maximum Gasteiger partial charge on any atom is 0.262 e. The van der Waals surface area contributed by atoms with Gasteiger partial charge in [0.05, 0.1) is 17.1 Å². The Bertz CT molecular complexity index is 1100. The van der Waals surface area contributed by atoms with E-state index in [1.165, 1.54) is 35.6 Å². The summed E-state index contributed by atoms with van der Waals surface area (Å²) >= 11 is 1.38. The first-order valence-electron chi connectivity index (χ1n) is 10.1. The molecule has 1 fully saturated rings. The molecule has 1 aromatic heterocycles. The van der Waals surface area contributed by atoms with Crippen molar-refractivity contribution in [2.45, 2.75) is 38.1 Å². The van der Waals surface area contributed by atoms with E-state index in [-0.39, 0.29) is 24.0 Å². The topological polar surface area (TPSA) is 102 Å². The summed E-state index contributed by atoms with van der Waals surface area (Å²) in [6.45, 7) is -0.282. The molecule has 0 bridgehead atoms. The highest BCUT2D eigenvalue weighted by atomic mass is 32.2. The summed E-state index contributed by atoms with van der Waals surface area (Å²) in [6.07, 6.45) is 3.98. The number of carbonyl (C=O) groups excluding carboxylic acids is 2. The standard InChI is InChI=1S/C21H23FN2O5S2/c22-13-5-7-15(8-6-13)29-11-18(25)24-21-19(16-3-1-2-4-17(16)30-21)20(26)23-14-9-10-31(27,28)12-14/h5-8,14H,1-4,9-12H2,(H,23,26)(H,24,25)/t14-/m0/s1. The third-order valence-electron chi connectivity index (χ3n) is 5.40. The molecule has 2 aliphatic rings. The Hall–Kier alpha value is -2.46. The molecule has 1 aliphatic carbocycles. The van der Waals surface area contributed by atoms with Crippen molar-refractivity contribution in [3.05, 3.63) is 46.1 Å². The van der Waals surface area contributed by atoms with E-state index in [4.69, 9.17) is 4.74 Å². The number of aryl methyl sites for hydroxylation is 1. The lowest BCUT2D eigenvalue weighted by Crippen LogP contribution is -2.36. The first-order chi connectivity index (χ1) is 14.8. The minimum Gasteiger partial charge on any atom is -0.484 e. The predicted molar refractivity (Wildman–Crippen MR) is 116 cm³/mol. The molecule has 2 N–H and O–H groups in total. The summed E-state index contributed by atoms with van der Waals surface area (Å²) in [5.74, 6) is -0.798. The van der Waals surface area contributed by atoms with Gasteiger partial charge in [-0.15, -0.1) is 11.3 Å². The van der Waals surface area contributed by atoms with E-state index in [2.05, 4.69) is 10.6 Å². The molecule has 0 unspecified atom stereocenters. The van der Waals surface area contributed by atoms with Gasteiger partial charge in [-0.25, -0.2) is 12.8 Å². The number of ether oxygens (including phenoxy) is 1. The third-order valence-corrected chi connectivity index (χ3v) is 8.38. The fraction of sp³-hybridized carbons (Fsp3) is 0.429. The first kappa shape index (κ1) is 21.8. The van der Waals surface area contributed by atoms with Crippen molar-refractivity contribution in [3.63, 3.8) is 0 Å². The Balaban J connectivity index is 1.47. The number of amides is 2. The summed E-state index contributed by atoms with van der Waals surface area (Å²) < 4.78 is 41.8. The average molecular weight is 467 g/mol. The van der Waals surface area contributed by atoms with Crippen LogP contribution >= 0.6 is 11.3 Å². The number of thiophene rings is 1. The van der Waals surface area contributed by atoms with Crippen molar-refractivity contribution >= 4 is 38.0 Å². The zero-order chi connectivity index (χ0) is 22.0. The molecule has 1 aromatic carbocycles. The van der Waals surface area contributed by atoms with Crippen molar-refractivity contribution in [1.82, 2.24) is 5.32 Å². The molecular formula is C21H23FN2O5S2. The molecule has 2 aromatic rings. The molecule has 31 heavy (non-hydrogen) atoms. The lowest BCUT2D eigenvalue weighted by atomic mass is 9.95. The van der Waals surface area contributed by atoms with Gasteiger partial charge < -0.3 is 15.4 Å². The number of benzene rings is 1. The van der Waals surface area contributed by atoms with Gasteiger partial charge >= 0.3 is 0 Å². The summed E-state index contributed by atoms with van der Waals surface area (Å²) in [4.78, 5) is 26.6. The molecule has 2 heterocycles. The van der Waals surface area contributed by atoms with Crippen LogP contribution in [0, 0.1) is 5.82 Å². The van der Waals surface area contributed by atoms with E-state index in [1.54, 1.807) is 0 Å². The highest BCUT2D eigenvalue weighted by Crippen LogP contribution is 2.38. The average Bonchev–Trinajstić information content (AvgIpc) is 3.26. The van der Waals surface area contributed by atoms with E-state index >= 15 is 0 Å². The molecule has 1 saturated heterocycles. The number of rotatable bonds is 6. The number of anilines is 1. The monoisotopic (exact) mass is 466 g/mol. The fourth-order valence-electron chi connectivity index (χ4n) is 3.90. The Morgan fingerprint density at radius 2 is 1.90 bits per heavy atom. The number of fused-ring (bicyclic) bond motifs is 1. The molecule has 0 saturated carbocycles. The van der Waals surface area contributed by atoms with Gasteiger partial charge in [0.25, 0.3) is 11.8 Å². The van der Waals surface area contributed by atoms with Crippen LogP contribution in [0.3, 0.4) is 0 Å². The van der Waals surface area contributed by atoms with Gasteiger partial charge in [-0.3, -0.25) is 9.59 Å². The van der Waals surface area contributed by atoms with Crippen molar-refractivity contribution < 1.29 is 27.1 Å². The Kier molecular flexibility index (Phi) is 6.29. The second kappa shape index (κ2) is 8.96. The van der Waals surface area contributed by atoms with E-state index in [0.717, 1.165) is 36.1 Å². The molecule has 0 radical (unpaired) electrons. The van der Waals surface area contributed by atoms with Crippen LogP contribution in [0.4, 0.5) is 9.39 Å². The molecule has 7 nitrogen and oxygen atoms in total. The van der Waals surface area contributed by atoms with Crippen molar-refractivity contribution in [2.75, 3.05) is 23.4 Å². The molecule has 1 aliphatic heterocycles. The third kappa shape index (κ3) is 5.24. The number of carbonyl (C=O) groups is 2. The van der Waals surface area contributed by atoms with Gasteiger partial charge in [0.2, 0.25) is 0 Å². The first-order valence-corrected chi connectivity index (χ1v) is 12.8. The lowest BCUT2D eigenvalue weighted by molar-refractivity contribution is -0.118. The van der Waals surface area contributed by atoms with Crippen LogP contribution < -0.4 is 15.4 Å². The minimum atomic E-state index is -3.11. The van der Waals surface area contributed by atoms with E-state index in [9.17, 15) is 22.4 Å². The van der Waals surface area contributed by atoms with Gasteiger partial charge in [-0.2, -0.15) is 0 Å². The number of sulfone groups is 1. The number of hydrogen-bond acceptors (Lipinski definition) is 6. The van der Waals surface area contributed by atoms with Crippen LogP contribution in [-0.2, 0) is 27.5 Å². The van der Waals surface area contributed by atoms with E-state index in [0.29, 0.717) is 22.7 Å². The normalized spacial score (nSPS) is 19.5. The van der Waals surface area contributed by atoms with E-state index < -0.39 is 27.6 Å².